The fourth-order valence-corrected chi connectivity index (χ4v) is 3.36. The highest BCUT2D eigenvalue weighted by Crippen LogP contribution is 2.46. The summed E-state index contributed by atoms with van der Waals surface area (Å²) in [5.41, 5.74) is -1.67. The van der Waals surface area contributed by atoms with Gasteiger partial charge in [-0.15, -0.1) is 0 Å². The normalized spacial score (nSPS) is 12.9. The quantitative estimate of drug-likeness (QED) is 0.370. The standard InChI is InChI=1S/C19H13F9N2O2S/c1-29(17(32)30(2)15(31)14-10(20)4-3-5-11(14)21)13-7-6-9(8-12(13)22)33-19(27,28)16(23)18(24,25)26/h3-8,16H,1-2H3. The molecule has 0 fully saturated rings. The number of benzene rings is 2. The summed E-state index contributed by atoms with van der Waals surface area (Å²) >= 11 is -0.884. The minimum absolute atomic E-state index is 0.259. The molecule has 1 atom stereocenters. The first-order valence-corrected chi connectivity index (χ1v) is 9.46. The average Bonchev–Trinajstić information content (AvgIpc) is 2.70. The Morgan fingerprint density at radius 2 is 1.45 bits per heavy atom. The number of nitrogens with zero attached hydrogens (tertiary/aromatic N) is 2. The highest BCUT2D eigenvalue weighted by molar-refractivity contribution is 8.00. The second kappa shape index (κ2) is 9.53. The van der Waals surface area contributed by atoms with Crippen LogP contribution in [-0.2, 0) is 0 Å². The number of urea groups is 1. The molecule has 0 aliphatic rings. The lowest BCUT2D eigenvalue weighted by atomic mass is 10.1. The first-order valence-electron chi connectivity index (χ1n) is 8.64. The molecular formula is C19H13F9N2O2S. The molecule has 1 unspecified atom stereocenters. The molecule has 33 heavy (non-hydrogen) atoms. The third-order valence-electron chi connectivity index (χ3n) is 4.17. The molecule has 2 aromatic rings. The van der Waals surface area contributed by atoms with E-state index < -0.39 is 74.9 Å². The van der Waals surface area contributed by atoms with Gasteiger partial charge < -0.3 is 0 Å². The summed E-state index contributed by atoms with van der Waals surface area (Å²) in [6.07, 6.45) is -10.4. The van der Waals surface area contributed by atoms with Crippen molar-refractivity contribution >= 4 is 29.4 Å². The van der Waals surface area contributed by atoms with Crippen molar-refractivity contribution in [3.63, 3.8) is 0 Å². The number of amides is 3. The lowest BCUT2D eigenvalue weighted by Crippen LogP contribution is -2.43. The predicted molar refractivity (Wildman–Crippen MR) is 100 cm³/mol. The molecule has 180 valence electrons. The molecule has 4 nitrogen and oxygen atoms in total. The monoisotopic (exact) mass is 504 g/mol. The van der Waals surface area contributed by atoms with Gasteiger partial charge in [0.15, 0.2) is 0 Å². The van der Waals surface area contributed by atoms with Gasteiger partial charge >= 0.3 is 17.5 Å². The van der Waals surface area contributed by atoms with Crippen LogP contribution < -0.4 is 4.90 Å². The van der Waals surface area contributed by atoms with Gasteiger partial charge in [-0.3, -0.25) is 14.6 Å². The molecule has 0 saturated carbocycles. The first kappa shape index (κ1) is 26.4. The van der Waals surface area contributed by atoms with Crippen molar-refractivity contribution in [2.75, 3.05) is 19.0 Å². The lowest BCUT2D eigenvalue weighted by molar-refractivity contribution is -0.219. The van der Waals surface area contributed by atoms with Gasteiger partial charge in [0, 0.05) is 19.0 Å². The van der Waals surface area contributed by atoms with Crippen molar-refractivity contribution in [3.05, 3.63) is 59.4 Å². The molecule has 0 radical (unpaired) electrons. The fraction of sp³-hybridized carbons (Fsp3) is 0.263. The number of anilines is 1. The van der Waals surface area contributed by atoms with Gasteiger partial charge in [-0.25, -0.2) is 22.4 Å². The Morgan fingerprint density at radius 1 is 0.909 bits per heavy atom. The first-order chi connectivity index (χ1) is 15.1. The molecule has 0 bridgehead atoms. The zero-order chi connectivity index (χ0) is 25.3. The van der Waals surface area contributed by atoms with Crippen molar-refractivity contribution in [2.24, 2.45) is 0 Å². The van der Waals surface area contributed by atoms with Crippen molar-refractivity contribution < 1.29 is 49.1 Å². The van der Waals surface area contributed by atoms with Crippen LogP contribution in [0, 0.1) is 17.5 Å². The van der Waals surface area contributed by atoms with E-state index in [0.29, 0.717) is 23.1 Å². The van der Waals surface area contributed by atoms with Crippen molar-refractivity contribution in [1.82, 2.24) is 4.90 Å². The molecule has 0 spiro atoms. The number of carbonyl (C=O) groups excluding carboxylic acids is 2. The minimum atomic E-state index is -5.85. The van der Waals surface area contributed by atoms with Gasteiger partial charge in [0.1, 0.15) is 23.0 Å². The van der Waals surface area contributed by atoms with E-state index in [0.717, 1.165) is 32.3 Å². The second-order valence-corrected chi connectivity index (χ2v) is 7.70. The fourth-order valence-electron chi connectivity index (χ4n) is 2.51. The van der Waals surface area contributed by atoms with Gasteiger partial charge in [0.05, 0.1) is 5.69 Å². The SMILES string of the molecule is CN(C(=O)c1c(F)cccc1F)C(=O)N(C)c1ccc(SC(F)(F)C(F)C(F)(F)F)cc1F. The van der Waals surface area contributed by atoms with E-state index in [9.17, 15) is 49.1 Å². The third-order valence-corrected chi connectivity index (χ3v) is 5.14. The minimum Gasteiger partial charge on any atom is -0.294 e. The Hall–Kier alpha value is -2.90. The maximum Gasteiger partial charge on any atom is 0.426 e. The number of carbonyl (C=O) groups is 2. The molecule has 0 saturated heterocycles. The summed E-state index contributed by atoms with van der Waals surface area (Å²) in [6, 6.07) is 2.98. The van der Waals surface area contributed by atoms with Crippen molar-refractivity contribution in [1.29, 1.82) is 0 Å². The summed E-state index contributed by atoms with van der Waals surface area (Å²) in [4.78, 5) is 24.7. The van der Waals surface area contributed by atoms with Gasteiger partial charge in [-0.2, -0.15) is 22.0 Å². The van der Waals surface area contributed by atoms with Crippen LogP contribution in [0.15, 0.2) is 41.3 Å². The summed E-state index contributed by atoms with van der Waals surface area (Å²) in [7, 11) is 1.78. The maximum atomic E-state index is 14.4. The molecule has 0 N–H and O–H groups in total. The highest BCUT2D eigenvalue weighted by Gasteiger charge is 2.57. The van der Waals surface area contributed by atoms with Crippen LogP contribution in [0.5, 0.6) is 0 Å². The van der Waals surface area contributed by atoms with E-state index >= 15 is 0 Å². The number of rotatable bonds is 5. The molecule has 0 aliphatic heterocycles. The zero-order valence-corrected chi connectivity index (χ0v) is 17.4. The smallest absolute Gasteiger partial charge is 0.294 e. The maximum absolute atomic E-state index is 14.4. The highest BCUT2D eigenvalue weighted by atomic mass is 32.2. The molecule has 0 heterocycles. The topological polar surface area (TPSA) is 40.6 Å². The zero-order valence-electron chi connectivity index (χ0n) is 16.6. The van der Waals surface area contributed by atoms with Crippen molar-refractivity contribution in [3.8, 4) is 0 Å². The molecule has 0 aromatic heterocycles. The Morgan fingerprint density at radius 3 is 1.94 bits per heavy atom. The summed E-state index contributed by atoms with van der Waals surface area (Å²) in [5.74, 6) is -5.32. The average molecular weight is 504 g/mol. The van der Waals surface area contributed by atoms with E-state index in [2.05, 4.69) is 0 Å². The number of hydrogen-bond donors (Lipinski definition) is 0. The van der Waals surface area contributed by atoms with E-state index in [1.165, 1.54) is 0 Å². The molecule has 14 heteroatoms. The Labute approximate surface area is 184 Å². The molecule has 0 aliphatic carbocycles. The summed E-state index contributed by atoms with van der Waals surface area (Å²) in [6.45, 7) is 0. The number of imide groups is 1. The van der Waals surface area contributed by atoms with Crippen LogP contribution in [-0.4, -0.2) is 48.5 Å². The van der Waals surface area contributed by atoms with Crippen LogP contribution in [0.4, 0.5) is 50.0 Å². The number of hydrogen-bond acceptors (Lipinski definition) is 3. The van der Waals surface area contributed by atoms with Gasteiger partial charge in [0.2, 0.25) is 0 Å². The van der Waals surface area contributed by atoms with Crippen LogP contribution in [0.3, 0.4) is 0 Å². The largest absolute Gasteiger partial charge is 0.426 e. The molecule has 2 aromatic carbocycles. The molecule has 3 amide bonds. The number of thioether (sulfide) groups is 1. The van der Waals surface area contributed by atoms with Crippen LogP contribution in [0.25, 0.3) is 0 Å². The van der Waals surface area contributed by atoms with Gasteiger partial charge in [-0.05, 0) is 42.1 Å². The van der Waals surface area contributed by atoms with E-state index in [4.69, 9.17) is 0 Å². The predicted octanol–water partition coefficient (Wildman–Crippen LogP) is 6.02. The number of halogens is 9. The Kier molecular flexibility index (Phi) is 7.61. The van der Waals surface area contributed by atoms with Crippen LogP contribution in [0.2, 0.25) is 0 Å². The summed E-state index contributed by atoms with van der Waals surface area (Å²) < 4.78 is 119. The van der Waals surface area contributed by atoms with Crippen LogP contribution >= 0.6 is 11.8 Å². The number of alkyl halides is 6. The Bertz CT molecular complexity index is 1040. The molecular weight excluding hydrogens is 491 g/mol. The van der Waals surface area contributed by atoms with Crippen LogP contribution in [0.1, 0.15) is 10.4 Å². The third kappa shape index (κ3) is 5.72. The lowest BCUT2D eigenvalue weighted by Gasteiger charge is -2.25. The van der Waals surface area contributed by atoms with Gasteiger partial charge in [-0.1, -0.05) is 6.07 Å². The Balaban J connectivity index is 2.24. The van der Waals surface area contributed by atoms with E-state index in [1.54, 1.807) is 0 Å². The van der Waals surface area contributed by atoms with E-state index in [-0.39, 0.29) is 4.90 Å². The van der Waals surface area contributed by atoms with Gasteiger partial charge in [0.25, 0.3) is 12.1 Å². The van der Waals surface area contributed by atoms with Crippen molar-refractivity contribution in [2.45, 2.75) is 22.5 Å². The molecule has 2 rings (SSSR count). The van der Waals surface area contributed by atoms with E-state index in [1.807, 2.05) is 0 Å². The second-order valence-electron chi connectivity index (χ2n) is 6.48. The summed E-state index contributed by atoms with van der Waals surface area (Å²) in [5, 5.41) is -4.97.